The molecule has 24 heavy (non-hydrogen) atoms. The Morgan fingerprint density at radius 3 is 2.42 bits per heavy atom. The number of fused-ring (bicyclic) bond motifs is 1. The zero-order valence-corrected chi connectivity index (χ0v) is 14.3. The Labute approximate surface area is 141 Å². The number of ether oxygens (including phenoxy) is 2. The summed E-state index contributed by atoms with van der Waals surface area (Å²) >= 11 is 0. The van der Waals surface area contributed by atoms with Crippen LogP contribution >= 0.6 is 0 Å². The Balaban J connectivity index is 0.000000351. The van der Waals surface area contributed by atoms with Crippen LogP contribution in [0.25, 0.3) is 0 Å². The quantitative estimate of drug-likeness (QED) is 0.789. The molecule has 2 rings (SSSR count). The molecule has 1 unspecified atom stereocenters. The van der Waals surface area contributed by atoms with Gasteiger partial charge in [0.15, 0.2) is 5.78 Å². The fourth-order valence-electron chi connectivity index (χ4n) is 2.50. The smallest absolute Gasteiger partial charge is 0.306 e. The van der Waals surface area contributed by atoms with Gasteiger partial charge in [-0.3, -0.25) is 14.4 Å². The second kappa shape index (κ2) is 9.80. The van der Waals surface area contributed by atoms with Gasteiger partial charge in [-0.1, -0.05) is 19.1 Å². The highest BCUT2D eigenvalue weighted by Crippen LogP contribution is 2.29. The largest absolute Gasteiger partial charge is 0.469 e. The van der Waals surface area contributed by atoms with Crippen LogP contribution in [-0.4, -0.2) is 31.9 Å². The molecular formula is C18H23FO5. The van der Waals surface area contributed by atoms with E-state index in [1.165, 1.54) is 26.4 Å². The molecular weight excluding hydrogens is 315 g/mol. The lowest BCUT2D eigenvalue weighted by atomic mass is 9.81. The number of benzene rings is 1. The number of hydrogen-bond donors (Lipinski definition) is 0. The summed E-state index contributed by atoms with van der Waals surface area (Å²) in [7, 11) is 2.70. The Kier molecular flexibility index (Phi) is 8.09. The molecule has 1 aliphatic carbocycles. The Bertz CT molecular complexity index is 597. The van der Waals surface area contributed by atoms with E-state index < -0.39 is 5.97 Å². The third-order valence-electron chi connectivity index (χ3n) is 3.82. The molecule has 0 bridgehead atoms. The first kappa shape index (κ1) is 19.8. The highest BCUT2D eigenvalue weighted by molar-refractivity contribution is 6.01. The fraction of sp³-hybridized carbons (Fsp3) is 0.500. The van der Waals surface area contributed by atoms with Gasteiger partial charge in [-0.2, -0.15) is 0 Å². The van der Waals surface area contributed by atoms with Gasteiger partial charge < -0.3 is 9.47 Å². The molecule has 0 N–H and O–H groups in total. The summed E-state index contributed by atoms with van der Waals surface area (Å²) in [5.74, 6) is -1.40. The number of methoxy groups -OCH3 is 2. The molecule has 0 fully saturated rings. The monoisotopic (exact) mass is 338 g/mol. The minimum Gasteiger partial charge on any atom is -0.469 e. The molecule has 0 saturated heterocycles. The van der Waals surface area contributed by atoms with E-state index in [4.69, 9.17) is 0 Å². The summed E-state index contributed by atoms with van der Waals surface area (Å²) in [5.41, 5.74) is 0.878. The van der Waals surface area contributed by atoms with Crippen LogP contribution in [0.15, 0.2) is 18.2 Å². The first-order chi connectivity index (χ1) is 11.4. The normalized spacial score (nSPS) is 15.7. The van der Waals surface area contributed by atoms with Crippen molar-refractivity contribution in [1.29, 1.82) is 0 Å². The van der Waals surface area contributed by atoms with Gasteiger partial charge >= 0.3 is 11.9 Å². The van der Waals surface area contributed by atoms with Crippen LogP contribution < -0.4 is 0 Å². The summed E-state index contributed by atoms with van der Waals surface area (Å²) in [6.45, 7) is 1.94. The molecule has 0 aliphatic heterocycles. The molecule has 0 saturated carbocycles. The molecule has 0 aromatic heterocycles. The van der Waals surface area contributed by atoms with Crippen molar-refractivity contribution in [2.24, 2.45) is 5.92 Å². The van der Waals surface area contributed by atoms with Gasteiger partial charge in [0, 0.05) is 17.9 Å². The Morgan fingerprint density at radius 2 is 1.88 bits per heavy atom. The van der Waals surface area contributed by atoms with Crippen LogP contribution in [0, 0.1) is 11.7 Å². The zero-order chi connectivity index (χ0) is 18.1. The van der Waals surface area contributed by atoms with Gasteiger partial charge in [0.1, 0.15) is 5.82 Å². The van der Waals surface area contributed by atoms with Gasteiger partial charge in [0.2, 0.25) is 0 Å². The molecule has 0 heterocycles. The van der Waals surface area contributed by atoms with Crippen molar-refractivity contribution in [2.45, 2.75) is 39.0 Å². The molecule has 0 spiro atoms. The average molecular weight is 338 g/mol. The predicted octanol–water partition coefficient (Wildman–Crippen LogP) is 3.09. The number of esters is 2. The molecule has 1 aromatic carbocycles. The average Bonchev–Trinajstić information content (AvgIpc) is 2.58. The number of rotatable bonds is 4. The van der Waals surface area contributed by atoms with E-state index in [1.54, 1.807) is 6.07 Å². The van der Waals surface area contributed by atoms with Crippen molar-refractivity contribution in [2.75, 3.05) is 14.2 Å². The number of ketones is 1. The van der Waals surface area contributed by atoms with Gasteiger partial charge in [-0.15, -0.1) is 0 Å². The van der Waals surface area contributed by atoms with Gasteiger partial charge in [0.05, 0.1) is 20.6 Å². The van der Waals surface area contributed by atoms with Crippen molar-refractivity contribution in [3.05, 3.63) is 35.1 Å². The van der Waals surface area contributed by atoms with Crippen LogP contribution in [0.1, 0.15) is 48.5 Å². The highest BCUT2D eigenvalue weighted by atomic mass is 19.1. The number of Topliss-reactive ketones (excluding diaryl/α,β-unsaturated/α-hetero) is 1. The van der Waals surface area contributed by atoms with Gasteiger partial charge in [-0.25, -0.2) is 4.39 Å². The van der Waals surface area contributed by atoms with Crippen molar-refractivity contribution < 1.29 is 28.2 Å². The maximum atomic E-state index is 13.5. The van der Waals surface area contributed by atoms with Gasteiger partial charge in [0.25, 0.3) is 0 Å². The molecule has 1 aromatic rings. The molecule has 132 valence electrons. The number of carbonyl (C=O) groups excluding carboxylic acids is 3. The summed E-state index contributed by atoms with van der Waals surface area (Å²) in [4.78, 5) is 33.4. The minimum absolute atomic E-state index is 0.0747. The van der Waals surface area contributed by atoms with E-state index in [0.29, 0.717) is 30.4 Å². The van der Waals surface area contributed by atoms with Crippen molar-refractivity contribution in [3.63, 3.8) is 0 Å². The van der Waals surface area contributed by atoms with E-state index in [2.05, 4.69) is 9.47 Å². The van der Waals surface area contributed by atoms with Gasteiger partial charge in [-0.05, 0) is 30.9 Å². The van der Waals surface area contributed by atoms with Crippen molar-refractivity contribution in [3.8, 4) is 0 Å². The molecule has 1 aliphatic rings. The summed E-state index contributed by atoms with van der Waals surface area (Å²) in [6, 6.07) is 4.49. The van der Waals surface area contributed by atoms with Crippen LogP contribution in [-0.2, 0) is 25.5 Å². The van der Waals surface area contributed by atoms with Crippen LogP contribution in [0.3, 0.4) is 0 Å². The van der Waals surface area contributed by atoms with Crippen LogP contribution in [0.5, 0.6) is 0 Å². The summed E-state index contributed by atoms with van der Waals surface area (Å²) in [5, 5.41) is 0. The summed E-state index contributed by atoms with van der Waals surface area (Å²) < 4.78 is 22.4. The van der Waals surface area contributed by atoms with E-state index >= 15 is 0 Å². The molecule has 1 atom stereocenters. The predicted molar refractivity (Wildman–Crippen MR) is 86.1 cm³/mol. The molecule has 6 heteroatoms. The van der Waals surface area contributed by atoms with Crippen LogP contribution in [0.4, 0.5) is 4.39 Å². The van der Waals surface area contributed by atoms with Crippen LogP contribution in [0.2, 0.25) is 0 Å². The Hall–Kier alpha value is -2.24. The molecule has 0 radical (unpaired) electrons. The minimum atomic E-state index is -0.400. The lowest BCUT2D eigenvalue weighted by molar-refractivity contribution is -0.142. The second-order valence-electron chi connectivity index (χ2n) is 5.47. The lowest BCUT2D eigenvalue weighted by Crippen LogP contribution is -2.26. The maximum Gasteiger partial charge on any atom is 0.306 e. The van der Waals surface area contributed by atoms with E-state index in [9.17, 15) is 18.8 Å². The Morgan fingerprint density at radius 1 is 1.21 bits per heavy atom. The molecule has 0 amide bonds. The first-order valence-electron chi connectivity index (χ1n) is 7.89. The van der Waals surface area contributed by atoms with E-state index in [0.717, 1.165) is 6.42 Å². The molecule has 5 nitrogen and oxygen atoms in total. The number of carbonyl (C=O) groups is 3. The van der Waals surface area contributed by atoms with E-state index in [1.807, 2.05) is 6.92 Å². The van der Waals surface area contributed by atoms with Crippen molar-refractivity contribution >= 4 is 17.7 Å². The topological polar surface area (TPSA) is 69.7 Å². The standard InChI is InChI=1S/C13H13FO3.C5H10O2/c1-17-12(15)7-8-5-6-9-10(13(8)16)3-2-4-11(9)14;1-3-4-5(6)7-2/h2-4,8H,5-7H2,1H3;3-4H2,1-2H3. The number of halogens is 1. The SMILES string of the molecule is CCCC(=O)OC.COC(=O)CC1CCc2c(F)cccc2C1=O. The highest BCUT2D eigenvalue weighted by Gasteiger charge is 2.30. The second-order valence-corrected chi connectivity index (χ2v) is 5.47. The third-order valence-corrected chi connectivity index (χ3v) is 3.82. The summed E-state index contributed by atoms with van der Waals surface area (Å²) in [6.07, 6.45) is 2.48. The fourth-order valence-corrected chi connectivity index (χ4v) is 2.50. The van der Waals surface area contributed by atoms with Crippen molar-refractivity contribution in [1.82, 2.24) is 0 Å². The van der Waals surface area contributed by atoms with E-state index in [-0.39, 0.29) is 29.9 Å². The lowest BCUT2D eigenvalue weighted by Gasteiger charge is -2.22. The maximum absolute atomic E-state index is 13.5. The zero-order valence-electron chi connectivity index (χ0n) is 14.3. The third kappa shape index (κ3) is 5.44. The number of hydrogen-bond acceptors (Lipinski definition) is 5. The first-order valence-corrected chi connectivity index (χ1v) is 7.89.